The number of rotatable bonds is 1. The average Bonchev–Trinajstić information content (AvgIpc) is 2.15. The van der Waals surface area contributed by atoms with Crippen LogP contribution in [0, 0.1) is 10.1 Å². The van der Waals surface area contributed by atoms with Gasteiger partial charge in [-0.3, -0.25) is 10.1 Å². The number of nitro groups is 1. The highest BCUT2D eigenvalue weighted by Gasteiger charge is 2.02. The van der Waals surface area contributed by atoms with Gasteiger partial charge in [-0.05, 0) is 0 Å². The molecule has 0 aliphatic carbocycles. The third-order valence-electron chi connectivity index (χ3n) is 0.833. The Hall–Kier alpha value is -1.39. The van der Waals surface area contributed by atoms with E-state index in [9.17, 15) is 10.1 Å². The van der Waals surface area contributed by atoms with E-state index in [1.54, 1.807) is 6.21 Å². The summed E-state index contributed by atoms with van der Waals surface area (Å²) in [6.07, 6.45) is 2.42. The summed E-state index contributed by atoms with van der Waals surface area (Å²) in [5, 5.41) is 12.5. The van der Waals surface area contributed by atoms with Crippen molar-refractivity contribution in [1.29, 1.82) is 0 Å². The molecule has 1 aliphatic rings. The summed E-state index contributed by atoms with van der Waals surface area (Å²) in [6, 6.07) is 0. The van der Waals surface area contributed by atoms with Crippen LogP contribution in [0.15, 0.2) is 17.0 Å². The fourth-order valence-electron chi connectivity index (χ4n) is 0.519. The summed E-state index contributed by atoms with van der Waals surface area (Å²) in [4.78, 5) is 12.9. The van der Waals surface area contributed by atoms with Crippen molar-refractivity contribution in [3.05, 3.63) is 22.1 Å². The Labute approximate surface area is 51.2 Å². The molecule has 5 nitrogen and oxygen atoms in total. The SMILES string of the molecule is O=[N+]([O-])C=C1N=CCN1. The van der Waals surface area contributed by atoms with Crippen molar-refractivity contribution < 1.29 is 4.92 Å². The molecule has 48 valence electrons. The van der Waals surface area contributed by atoms with Crippen LogP contribution >= 0.6 is 0 Å². The molecular formula is C4H5N3O2. The predicted octanol–water partition coefficient (Wildman–Crippen LogP) is -0.264. The molecule has 1 heterocycles. The van der Waals surface area contributed by atoms with Gasteiger partial charge in [0.25, 0.3) is 6.20 Å². The van der Waals surface area contributed by atoms with Gasteiger partial charge in [-0.1, -0.05) is 0 Å². The van der Waals surface area contributed by atoms with Crippen molar-refractivity contribution >= 4 is 6.21 Å². The first-order valence-corrected chi connectivity index (χ1v) is 2.41. The number of nitrogens with zero attached hydrogens (tertiary/aromatic N) is 2. The van der Waals surface area contributed by atoms with E-state index in [1.165, 1.54) is 0 Å². The first-order chi connectivity index (χ1) is 4.29. The maximum Gasteiger partial charge on any atom is 0.276 e. The second kappa shape index (κ2) is 2.25. The van der Waals surface area contributed by atoms with Crippen LogP contribution in [0.2, 0.25) is 0 Å². The largest absolute Gasteiger partial charge is 0.360 e. The third-order valence-corrected chi connectivity index (χ3v) is 0.833. The summed E-state index contributed by atoms with van der Waals surface area (Å²) in [7, 11) is 0. The monoisotopic (exact) mass is 127 g/mol. The summed E-state index contributed by atoms with van der Waals surface area (Å²) in [5.74, 6) is 0.319. The van der Waals surface area contributed by atoms with Crippen LogP contribution in [0.25, 0.3) is 0 Å². The Morgan fingerprint density at radius 2 is 2.78 bits per heavy atom. The Kier molecular flexibility index (Phi) is 1.44. The van der Waals surface area contributed by atoms with Gasteiger partial charge in [-0.15, -0.1) is 0 Å². The lowest BCUT2D eigenvalue weighted by atomic mass is 10.7. The van der Waals surface area contributed by atoms with Crippen LogP contribution in [-0.2, 0) is 0 Å². The standard InChI is InChI=1S/C4H5N3O2/c8-7(9)3-4-5-1-2-6-4/h1,3,6H,2H2. The zero-order valence-corrected chi connectivity index (χ0v) is 4.57. The fraction of sp³-hybridized carbons (Fsp3) is 0.250. The highest BCUT2D eigenvalue weighted by molar-refractivity contribution is 5.64. The molecule has 5 heteroatoms. The highest BCUT2D eigenvalue weighted by atomic mass is 16.6. The van der Waals surface area contributed by atoms with E-state index in [0.29, 0.717) is 12.4 Å². The molecule has 0 aromatic rings. The van der Waals surface area contributed by atoms with Gasteiger partial charge in [0.05, 0.1) is 11.5 Å². The number of nitrogens with one attached hydrogen (secondary N) is 1. The van der Waals surface area contributed by atoms with Crippen molar-refractivity contribution in [3.8, 4) is 0 Å². The van der Waals surface area contributed by atoms with Gasteiger partial charge in [-0.2, -0.15) is 0 Å². The summed E-state index contributed by atoms with van der Waals surface area (Å²) in [5.41, 5.74) is 0. The van der Waals surface area contributed by atoms with E-state index in [-0.39, 0.29) is 0 Å². The summed E-state index contributed by atoms with van der Waals surface area (Å²) < 4.78 is 0. The van der Waals surface area contributed by atoms with Gasteiger partial charge in [0.1, 0.15) is 0 Å². The first kappa shape index (κ1) is 5.74. The quantitative estimate of drug-likeness (QED) is 0.389. The molecule has 0 amide bonds. The molecular weight excluding hydrogens is 122 g/mol. The Morgan fingerprint density at radius 3 is 3.22 bits per heavy atom. The van der Waals surface area contributed by atoms with E-state index in [1.807, 2.05) is 0 Å². The molecule has 0 aromatic heterocycles. The van der Waals surface area contributed by atoms with E-state index in [4.69, 9.17) is 0 Å². The minimum atomic E-state index is -0.537. The van der Waals surface area contributed by atoms with Crippen LogP contribution < -0.4 is 5.32 Å². The van der Waals surface area contributed by atoms with E-state index in [2.05, 4.69) is 10.3 Å². The van der Waals surface area contributed by atoms with Crippen molar-refractivity contribution in [2.24, 2.45) is 4.99 Å². The second-order valence-corrected chi connectivity index (χ2v) is 1.49. The lowest BCUT2D eigenvalue weighted by Gasteiger charge is -1.87. The first-order valence-electron chi connectivity index (χ1n) is 2.41. The number of hydrogen-bond acceptors (Lipinski definition) is 4. The van der Waals surface area contributed by atoms with Gasteiger partial charge in [0, 0.05) is 6.21 Å². The minimum Gasteiger partial charge on any atom is -0.360 e. The van der Waals surface area contributed by atoms with Crippen LogP contribution in [0.4, 0.5) is 0 Å². The second-order valence-electron chi connectivity index (χ2n) is 1.49. The average molecular weight is 127 g/mol. The lowest BCUT2D eigenvalue weighted by Crippen LogP contribution is -2.07. The van der Waals surface area contributed by atoms with Crippen molar-refractivity contribution in [2.45, 2.75) is 0 Å². The molecule has 0 saturated heterocycles. The Morgan fingerprint density at radius 1 is 2.00 bits per heavy atom. The van der Waals surface area contributed by atoms with Crippen molar-refractivity contribution in [1.82, 2.24) is 5.32 Å². The van der Waals surface area contributed by atoms with Crippen LogP contribution in [0.5, 0.6) is 0 Å². The normalized spacial score (nSPS) is 20.2. The smallest absolute Gasteiger partial charge is 0.276 e. The number of aliphatic imine (C=N–C) groups is 1. The van der Waals surface area contributed by atoms with Crippen molar-refractivity contribution in [2.75, 3.05) is 6.54 Å². The van der Waals surface area contributed by atoms with Gasteiger partial charge in [0.2, 0.25) is 0 Å². The molecule has 0 spiro atoms. The maximum atomic E-state index is 9.77. The lowest BCUT2D eigenvalue weighted by molar-refractivity contribution is -0.403. The zero-order valence-electron chi connectivity index (χ0n) is 4.57. The fourth-order valence-corrected chi connectivity index (χ4v) is 0.519. The summed E-state index contributed by atoms with van der Waals surface area (Å²) in [6.45, 7) is 0.583. The molecule has 0 aromatic carbocycles. The van der Waals surface area contributed by atoms with Gasteiger partial charge < -0.3 is 5.32 Å². The molecule has 0 radical (unpaired) electrons. The van der Waals surface area contributed by atoms with E-state index < -0.39 is 4.92 Å². The molecule has 0 fully saturated rings. The molecule has 1 aliphatic heterocycles. The van der Waals surface area contributed by atoms with Gasteiger partial charge in [-0.25, -0.2) is 4.99 Å². The molecule has 0 atom stereocenters. The highest BCUT2D eigenvalue weighted by Crippen LogP contribution is 1.93. The maximum absolute atomic E-state index is 9.77. The van der Waals surface area contributed by atoms with Crippen molar-refractivity contribution in [3.63, 3.8) is 0 Å². The van der Waals surface area contributed by atoms with Crippen LogP contribution in [0.1, 0.15) is 0 Å². The zero-order chi connectivity index (χ0) is 6.69. The Bertz CT molecular complexity index is 184. The van der Waals surface area contributed by atoms with E-state index in [0.717, 1.165) is 6.20 Å². The minimum absolute atomic E-state index is 0.319. The Balaban J connectivity index is 2.61. The molecule has 0 bridgehead atoms. The molecule has 9 heavy (non-hydrogen) atoms. The molecule has 1 rings (SSSR count). The van der Waals surface area contributed by atoms with Crippen LogP contribution in [0.3, 0.4) is 0 Å². The topological polar surface area (TPSA) is 67.5 Å². The van der Waals surface area contributed by atoms with Gasteiger partial charge in [0.15, 0.2) is 5.82 Å². The van der Waals surface area contributed by atoms with Crippen LogP contribution in [-0.4, -0.2) is 17.7 Å². The van der Waals surface area contributed by atoms with E-state index >= 15 is 0 Å². The summed E-state index contributed by atoms with van der Waals surface area (Å²) >= 11 is 0. The third kappa shape index (κ3) is 1.52. The molecule has 0 saturated carbocycles. The predicted molar refractivity (Wildman–Crippen MR) is 31.6 cm³/mol. The van der Waals surface area contributed by atoms with Gasteiger partial charge >= 0.3 is 0 Å². The number of hydrogen-bond donors (Lipinski definition) is 1. The molecule has 0 unspecified atom stereocenters. The molecule has 1 N–H and O–H groups in total.